The molecule has 1 aliphatic heterocycles. The number of pyridine rings is 1. The molecule has 1 saturated heterocycles. The van der Waals surface area contributed by atoms with Crippen LogP contribution in [0.4, 0.5) is 10.5 Å². The highest BCUT2D eigenvalue weighted by Crippen LogP contribution is 2.11. The maximum Gasteiger partial charge on any atom is 0.319 e. The molecule has 2 heterocycles. The first-order valence-corrected chi connectivity index (χ1v) is 8.13. The Morgan fingerprint density at radius 2 is 1.88 bits per heavy atom. The molecule has 3 amide bonds. The minimum Gasteiger partial charge on any atom is -0.379 e. The van der Waals surface area contributed by atoms with Crippen LogP contribution in [0.1, 0.15) is 22.3 Å². The first kappa shape index (κ1) is 16.9. The molecule has 0 saturated carbocycles. The van der Waals surface area contributed by atoms with Gasteiger partial charge in [0, 0.05) is 36.8 Å². The van der Waals surface area contributed by atoms with E-state index in [-0.39, 0.29) is 18.0 Å². The highest BCUT2D eigenvalue weighted by atomic mass is 16.5. The smallest absolute Gasteiger partial charge is 0.319 e. The summed E-state index contributed by atoms with van der Waals surface area (Å²) in [7, 11) is 0. The molecule has 0 bridgehead atoms. The first-order chi connectivity index (χ1) is 12.2. The number of nitrogens with one attached hydrogen (secondary N) is 3. The number of anilines is 1. The van der Waals surface area contributed by atoms with Crippen LogP contribution in [0.3, 0.4) is 0 Å². The van der Waals surface area contributed by atoms with Crippen molar-refractivity contribution >= 4 is 17.6 Å². The van der Waals surface area contributed by atoms with Gasteiger partial charge in [0.15, 0.2) is 0 Å². The largest absolute Gasteiger partial charge is 0.379 e. The minimum atomic E-state index is -0.308. The summed E-state index contributed by atoms with van der Waals surface area (Å²) >= 11 is 0. The lowest BCUT2D eigenvalue weighted by atomic mass is 10.1. The Hall–Kier alpha value is -2.93. The average Bonchev–Trinajstić information content (AvgIpc) is 3.14. The monoisotopic (exact) mass is 340 g/mol. The molecule has 7 heteroatoms. The second-order valence-electron chi connectivity index (χ2n) is 5.77. The second kappa shape index (κ2) is 8.25. The maximum absolute atomic E-state index is 12.1. The van der Waals surface area contributed by atoms with E-state index in [2.05, 4.69) is 20.9 Å². The molecule has 25 heavy (non-hydrogen) atoms. The Morgan fingerprint density at radius 1 is 1.12 bits per heavy atom. The molecule has 0 aliphatic carbocycles. The van der Waals surface area contributed by atoms with Gasteiger partial charge in [-0.2, -0.15) is 0 Å². The summed E-state index contributed by atoms with van der Waals surface area (Å²) in [5, 5.41) is 8.42. The van der Waals surface area contributed by atoms with E-state index in [0.29, 0.717) is 31.0 Å². The number of rotatable bonds is 5. The quantitative estimate of drug-likeness (QED) is 0.775. The summed E-state index contributed by atoms with van der Waals surface area (Å²) in [5.41, 5.74) is 2.13. The Balaban J connectivity index is 1.48. The zero-order chi connectivity index (χ0) is 17.5. The number of hydrogen-bond acceptors (Lipinski definition) is 4. The predicted octanol–water partition coefficient (Wildman–Crippen LogP) is 1.92. The molecule has 1 atom stereocenters. The molecule has 3 N–H and O–H groups in total. The van der Waals surface area contributed by atoms with Crippen molar-refractivity contribution in [1.29, 1.82) is 0 Å². The van der Waals surface area contributed by atoms with Crippen LogP contribution in [-0.2, 0) is 11.3 Å². The number of benzene rings is 1. The Labute approximate surface area is 145 Å². The van der Waals surface area contributed by atoms with E-state index in [0.717, 1.165) is 12.0 Å². The van der Waals surface area contributed by atoms with Crippen LogP contribution in [-0.4, -0.2) is 36.2 Å². The Morgan fingerprint density at radius 3 is 2.56 bits per heavy atom. The number of carbonyl (C=O) groups excluding carboxylic acids is 2. The van der Waals surface area contributed by atoms with Crippen LogP contribution in [0, 0.1) is 0 Å². The number of amides is 3. The number of aromatic nitrogens is 1. The molecule has 2 aromatic rings. The lowest BCUT2D eigenvalue weighted by Crippen LogP contribution is -2.35. The second-order valence-corrected chi connectivity index (χ2v) is 5.77. The lowest BCUT2D eigenvalue weighted by molar-refractivity contribution is 0.0930. The first-order valence-electron chi connectivity index (χ1n) is 8.13. The molecule has 1 fully saturated rings. The summed E-state index contributed by atoms with van der Waals surface area (Å²) in [6, 6.07) is 10.2. The lowest BCUT2D eigenvalue weighted by Gasteiger charge is -2.11. The molecule has 0 radical (unpaired) electrons. The van der Waals surface area contributed by atoms with Gasteiger partial charge in [-0.3, -0.25) is 9.78 Å². The van der Waals surface area contributed by atoms with Crippen molar-refractivity contribution in [3.63, 3.8) is 0 Å². The highest BCUT2D eigenvalue weighted by Gasteiger charge is 2.18. The molecule has 1 aromatic carbocycles. The third-order valence-corrected chi connectivity index (χ3v) is 3.87. The molecular weight excluding hydrogens is 320 g/mol. The molecular formula is C18H20N4O3. The van der Waals surface area contributed by atoms with E-state index in [1.165, 1.54) is 0 Å². The molecule has 1 aromatic heterocycles. The van der Waals surface area contributed by atoms with Crippen molar-refractivity contribution in [2.75, 3.05) is 18.5 Å². The van der Waals surface area contributed by atoms with Crippen molar-refractivity contribution < 1.29 is 14.3 Å². The summed E-state index contributed by atoms with van der Waals surface area (Å²) in [6.45, 7) is 1.66. The van der Waals surface area contributed by atoms with E-state index in [1.807, 2.05) is 12.1 Å². The number of urea groups is 1. The van der Waals surface area contributed by atoms with Gasteiger partial charge in [-0.05, 0) is 48.4 Å². The van der Waals surface area contributed by atoms with Gasteiger partial charge in [0.1, 0.15) is 0 Å². The fraction of sp³-hybridized carbons (Fsp3) is 0.278. The fourth-order valence-electron chi connectivity index (χ4n) is 2.48. The van der Waals surface area contributed by atoms with Crippen LogP contribution < -0.4 is 16.0 Å². The van der Waals surface area contributed by atoms with Crippen molar-refractivity contribution in [2.24, 2.45) is 0 Å². The van der Waals surface area contributed by atoms with E-state index in [4.69, 9.17) is 4.74 Å². The number of nitrogens with zero attached hydrogens (tertiary/aromatic N) is 1. The van der Waals surface area contributed by atoms with Crippen LogP contribution in [0.25, 0.3) is 0 Å². The third kappa shape index (κ3) is 5.02. The van der Waals surface area contributed by atoms with E-state index in [1.54, 1.807) is 36.7 Å². The predicted molar refractivity (Wildman–Crippen MR) is 93.2 cm³/mol. The van der Waals surface area contributed by atoms with Crippen LogP contribution in [0.15, 0.2) is 48.8 Å². The van der Waals surface area contributed by atoms with Crippen LogP contribution >= 0.6 is 0 Å². The average molecular weight is 340 g/mol. The molecule has 3 rings (SSSR count). The summed E-state index contributed by atoms with van der Waals surface area (Å²) < 4.78 is 5.24. The van der Waals surface area contributed by atoms with Gasteiger partial charge < -0.3 is 20.7 Å². The zero-order valence-corrected chi connectivity index (χ0v) is 13.7. The van der Waals surface area contributed by atoms with Crippen molar-refractivity contribution in [2.45, 2.75) is 19.0 Å². The van der Waals surface area contributed by atoms with E-state index < -0.39 is 0 Å². The van der Waals surface area contributed by atoms with E-state index in [9.17, 15) is 9.59 Å². The number of carbonyl (C=O) groups is 2. The van der Waals surface area contributed by atoms with E-state index >= 15 is 0 Å². The van der Waals surface area contributed by atoms with Gasteiger partial charge in [0.05, 0.1) is 12.6 Å². The zero-order valence-electron chi connectivity index (χ0n) is 13.7. The minimum absolute atomic E-state index is 0.0734. The van der Waals surface area contributed by atoms with Gasteiger partial charge in [0.25, 0.3) is 5.91 Å². The third-order valence-electron chi connectivity index (χ3n) is 3.87. The topological polar surface area (TPSA) is 92.4 Å². The maximum atomic E-state index is 12.1. The van der Waals surface area contributed by atoms with Crippen molar-refractivity contribution in [3.05, 3.63) is 59.9 Å². The van der Waals surface area contributed by atoms with Gasteiger partial charge in [-0.25, -0.2) is 4.79 Å². The SMILES string of the molecule is O=C(NCc1ccncc1)Nc1ccc(C(=O)NC2CCOC2)cc1. The Kier molecular flexibility index (Phi) is 5.58. The van der Waals surface area contributed by atoms with Crippen LogP contribution in [0.5, 0.6) is 0 Å². The molecule has 130 valence electrons. The highest BCUT2D eigenvalue weighted by molar-refractivity contribution is 5.95. The molecule has 1 aliphatic rings. The van der Waals surface area contributed by atoms with Gasteiger partial charge in [-0.1, -0.05) is 0 Å². The summed E-state index contributed by atoms with van der Waals surface area (Å²) in [5.74, 6) is -0.135. The van der Waals surface area contributed by atoms with Gasteiger partial charge in [0.2, 0.25) is 0 Å². The van der Waals surface area contributed by atoms with Crippen LogP contribution in [0.2, 0.25) is 0 Å². The van der Waals surface area contributed by atoms with Gasteiger partial charge in [-0.15, -0.1) is 0 Å². The number of hydrogen-bond donors (Lipinski definition) is 3. The number of ether oxygens (including phenoxy) is 1. The van der Waals surface area contributed by atoms with Crippen molar-refractivity contribution in [3.8, 4) is 0 Å². The molecule has 1 unspecified atom stereocenters. The summed E-state index contributed by atoms with van der Waals surface area (Å²) in [6.07, 6.45) is 4.19. The normalized spacial score (nSPS) is 16.2. The summed E-state index contributed by atoms with van der Waals surface area (Å²) in [4.78, 5) is 28.0. The standard InChI is InChI=1S/C18H20N4O3/c23-17(21-16-7-10-25-12-16)14-1-3-15(4-2-14)22-18(24)20-11-13-5-8-19-9-6-13/h1-6,8-9,16H,7,10-12H2,(H,21,23)(H2,20,22,24). The fourth-order valence-corrected chi connectivity index (χ4v) is 2.48. The van der Waals surface area contributed by atoms with Gasteiger partial charge >= 0.3 is 6.03 Å². The molecule has 0 spiro atoms. The Bertz CT molecular complexity index is 713. The molecule has 7 nitrogen and oxygen atoms in total. The van der Waals surface area contributed by atoms with Crippen molar-refractivity contribution in [1.82, 2.24) is 15.6 Å².